The smallest absolute Gasteiger partial charge is 0.262 e. The van der Waals surface area contributed by atoms with Crippen LogP contribution in [0.5, 0.6) is 5.75 Å². The van der Waals surface area contributed by atoms with E-state index in [2.05, 4.69) is 32.3 Å². The van der Waals surface area contributed by atoms with E-state index in [-0.39, 0.29) is 30.5 Å². The number of hydrogen-bond acceptors (Lipinski definition) is 4. The highest BCUT2D eigenvalue weighted by molar-refractivity contribution is 7.89. The maximum Gasteiger partial charge on any atom is 0.262 e. The first-order chi connectivity index (χ1) is 14.8. The Morgan fingerprint density at radius 2 is 1.71 bits per heavy atom. The minimum absolute atomic E-state index is 0.132. The number of hydrogen-bond donors (Lipinski definition) is 1. The van der Waals surface area contributed by atoms with E-state index in [9.17, 15) is 13.2 Å². The highest BCUT2D eigenvalue weighted by Crippen LogP contribution is 2.28. The first kappa shape index (κ1) is 24.4. The van der Waals surface area contributed by atoms with Crippen LogP contribution >= 0.6 is 0 Å². The number of ether oxygens (including phenoxy) is 1. The number of carbonyl (C=O) groups excluding carboxylic acids is 1. The molecule has 0 unspecified atom stereocenters. The van der Waals surface area contributed by atoms with Crippen molar-refractivity contribution in [2.75, 3.05) is 25.0 Å². The minimum atomic E-state index is -3.68. The summed E-state index contributed by atoms with van der Waals surface area (Å²) in [4.78, 5) is 12.4. The molecule has 0 fully saturated rings. The maximum absolute atomic E-state index is 12.7. The number of rotatable bonds is 12. The molecule has 1 amide bonds. The van der Waals surface area contributed by atoms with Gasteiger partial charge in [0.15, 0.2) is 6.61 Å². The molecular weight excluding hydrogens is 412 g/mol. The Hall–Kier alpha value is -2.90. The first-order valence-corrected chi connectivity index (χ1v) is 11.6. The van der Waals surface area contributed by atoms with Crippen molar-refractivity contribution in [3.05, 3.63) is 79.4 Å². The third-order valence-corrected chi connectivity index (χ3v) is 6.71. The van der Waals surface area contributed by atoms with Crippen molar-refractivity contribution in [3.63, 3.8) is 0 Å². The Bertz CT molecular complexity index is 990. The van der Waals surface area contributed by atoms with Crippen LogP contribution in [0, 0.1) is 0 Å². The molecule has 0 aromatic heterocycles. The summed E-state index contributed by atoms with van der Waals surface area (Å²) in [6.45, 7) is 11.6. The summed E-state index contributed by atoms with van der Waals surface area (Å²) in [5, 5.41) is 2.73. The van der Waals surface area contributed by atoms with Gasteiger partial charge in [0, 0.05) is 18.8 Å². The standard InChI is InChI=1S/C24H30N2O4S/c1-5-16-26(17-6-2)31(28,29)21-14-12-20(13-15-21)25-24(27)18-30-23-11-9-8-10-22(23)19(4)7-3/h5-6,8-15,19H,1-2,7,16-18H2,3-4H3,(H,25,27)/t19-/m1/s1. The molecule has 6 nitrogen and oxygen atoms in total. The number of nitrogens with one attached hydrogen (secondary N) is 1. The summed E-state index contributed by atoms with van der Waals surface area (Å²) in [5.41, 5.74) is 1.55. The monoisotopic (exact) mass is 442 g/mol. The number of amides is 1. The highest BCUT2D eigenvalue weighted by atomic mass is 32.2. The number of sulfonamides is 1. The van der Waals surface area contributed by atoms with E-state index in [4.69, 9.17) is 4.74 Å². The highest BCUT2D eigenvalue weighted by Gasteiger charge is 2.22. The van der Waals surface area contributed by atoms with Crippen LogP contribution < -0.4 is 10.1 Å². The number of benzene rings is 2. The third kappa shape index (κ3) is 6.54. The predicted octanol–water partition coefficient (Wildman–Crippen LogP) is 4.58. The predicted molar refractivity (Wildman–Crippen MR) is 125 cm³/mol. The number of para-hydroxylation sites is 1. The second-order valence-corrected chi connectivity index (χ2v) is 9.05. The van der Waals surface area contributed by atoms with Crippen molar-refractivity contribution in [2.45, 2.75) is 31.1 Å². The van der Waals surface area contributed by atoms with Gasteiger partial charge in [-0.05, 0) is 48.2 Å². The van der Waals surface area contributed by atoms with Crippen LogP contribution in [0.2, 0.25) is 0 Å². The zero-order chi connectivity index (χ0) is 22.9. The largest absolute Gasteiger partial charge is 0.483 e. The van der Waals surface area contributed by atoms with Gasteiger partial charge in [-0.25, -0.2) is 8.42 Å². The van der Waals surface area contributed by atoms with Crippen LogP contribution in [0.1, 0.15) is 31.7 Å². The lowest BCUT2D eigenvalue weighted by molar-refractivity contribution is -0.118. The third-order valence-electron chi connectivity index (χ3n) is 4.86. The SMILES string of the molecule is C=CCN(CC=C)S(=O)(=O)c1ccc(NC(=O)COc2ccccc2[C@H](C)CC)cc1. The molecule has 1 atom stereocenters. The fraction of sp³-hybridized carbons (Fsp3) is 0.292. The lowest BCUT2D eigenvalue weighted by Crippen LogP contribution is -2.31. The van der Waals surface area contributed by atoms with E-state index in [1.807, 2.05) is 24.3 Å². The zero-order valence-corrected chi connectivity index (χ0v) is 18.9. The lowest BCUT2D eigenvalue weighted by atomic mass is 9.98. The van der Waals surface area contributed by atoms with Crippen LogP contribution in [-0.4, -0.2) is 38.3 Å². The summed E-state index contributed by atoms with van der Waals surface area (Å²) < 4.78 is 32.5. The summed E-state index contributed by atoms with van der Waals surface area (Å²) in [6, 6.07) is 13.7. The fourth-order valence-electron chi connectivity index (χ4n) is 3.00. The van der Waals surface area contributed by atoms with Crippen LogP contribution in [-0.2, 0) is 14.8 Å². The van der Waals surface area contributed by atoms with E-state index in [1.165, 1.54) is 28.6 Å². The summed E-state index contributed by atoms with van der Waals surface area (Å²) >= 11 is 0. The van der Waals surface area contributed by atoms with E-state index in [0.29, 0.717) is 17.4 Å². The number of anilines is 1. The maximum atomic E-state index is 12.7. The normalized spacial score (nSPS) is 12.2. The summed E-state index contributed by atoms with van der Waals surface area (Å²) in [5.74, 6) is 0.697. The zero-order valence-electron chi connectivity index (χ0n) is 18.1. The first-order valence-electron chi connectivity index (χ1n) is 10.2. The van der Waals surface area contributed by atoms with Crippen LogP contribution in [0.15, 0.2) is 78.7 Å². The average molecular weight is 443 g/mol. The molecule has 1 N–H and O–H groups in total. The molecule has 0 aliphatic rings. The molecule has 0 saturated carbocycles. The second-order valence-electron chi connectivity index (χ2n) is 7.11. The van der Waals surface area contributed by atoms with Gasteiger partial charge in [0.1, 0.15) is 5.75 Å². The average Bonchev–Trinajstić information content (AvgIpc) is 2.77. The van der Waals surface area contributed by atoms with E-state index >= 15 is 0 Å². The van der Waals surface area contributed by atoms with Gasteiger partial charge < -0.3 is 10.1 Å². The molecule has 0 radical (unpaired) electrons. The molecular formula is C24H30N2O4S. The molecule has 31 heavy (non-hydrogen) atoms. The Labute approximate surface area is 185 Å². The van der Waals surface area contributed by atoms with Crippen molar-refractivity contribution in [2.24, 2.45) is 0 Å². The van der Waals surface area contributed by atoms with Crippen LogP contribution in [0.3, 0.4) is 0 Å². The Balaban J connectivity index is 2.03. The van der Waals surface area contributed by atoms with Gasteiger partial charge in [0.2, 0.25) is 10.0 Å². The van der Waals surface area contributed by atoms with Gasteiger partial charge in [-0.3, -0.25) is 4.79 Å². The Morgan fingerprint density at radius 1 is 1.10 bits per heavy atom. The molecule has 0 aliphatic heterocycles. The minimum Gasteiger partial charge on any atom is -0.483 e. The van der Waals surface area contributed by atoms with E-state index in [1.54, 1.807) is 12.1 Å². The Kier molecular flexibility index (Phi) is 9.03. The molecule has 0 heterocycles. The topological polar surface area (TPSA) is 75.7 Å². The molecule has 0 spiro atoms. The molecule has 2 aromatic carbocycles. The molecule has 166 valence electrons. The number of carbonyl (C=O) groups is 1. The van der Waals surface area contributed by atoms with E-state index in [0.717, 1.165) is 12.0 Å². The molecule has 7 heteroatoms. The fourth-order valence-corrected chi connectivity index (χ4v) is 4.38. The molecule has 0 aliphatic carbocycles. The molecule has 0 saturated heterocycles. The van der Waals surface area contributed by atoms with Gasteiger partial charge in [-0.15, -0.1) is 13.2 Å². The summed E-state index contributed by atoms with van der Waals surface area (Å²) in [6.07, 6.45) is 4.02. The lowest BCUT2D eigenvalue weighted by Gasteiger charge is -2.19. The molecule has 2 aromatic rings. The quantitative estimate of drug-likeness (QED) is 0.488. The summed E-state index contributed by atoms with van der Waals surface area (Å²) in [7, 11) is -3.68. The van der Waals surface area contributed by atoms with Crippen molar-refractivity contribution in [1.29, 1.82) is 0 Å². The van der Waals surface area contributed by atoms with Gasteiger partial charge in [0.25, 0.3) is 5.91 Å². The van der Waals surface area contributed by atoms with Crippen molar-refractivity contribution >= 4 is 21.6 Å². The number of nitrogens with zero attached hydrogens (tertiary/aromatic N) is 1. The van der Waals surface area contributed by atoms with Crippen molar-refractivity contribution < 1.29 is 17.9 Å². The second kappa shape index (κ2) is 11.5. The van der Waals surface area contributed by atoms with Gasteiger partial charge in [-0.2, -0.15) is 4.31 Å². The van der Waals surface area contributed by atoms with Gasteiger partial charge in [-0.1, -0.05) is 44.2 Å². The Morgan fingerprint density at radius 3 is 2.29 bits per heavy atom. The van der Waals surface area contributed by atoms with Gasteiger partial charge >= 0.3 is 0 Å². The molecule has 0 bridgehead atoms. The van der Waals surface area contributed by atoms with Crippen molar-refractivity contribution in [1.82, 2.24) is 4.31 Å². The van der Waals surface area contributed by atoms with Crippen LogP contribution in [0.4, 0.5) is 5.69 Å². The van der Waals surface area contributed by atoms with Crippen molar-refractivity contribution in [3.8, 4) is 5.75 Å². The van der Waals surface area contributed by atoms with Gasteiger partial charge in [0.05, 0.1) is 4.90 Å². The molecule has 2 rings (SSSR count). The van der Waals surface area contributed by atoms with E-state index < -0.39 is 10.0 Å². The van der Waals surface area contributed by atoms with Crippen LogP contribution in [0.25, 0.3) is 0 Å².